The summed E-state index contributed by atoms with van der Waals surface area (Å²) in [5.74, 6) is 6.18. The molecule has 12 aromatic rings. The minimum absolute atomic E-state index is 0.00267. The first-order valence-electron chi connectivity index (χ1n) is 51.0. The zero-order valence-electron chi connectivity index (χ0n) is 83.7. The third-order valence-electron chi connectivity index (χ3n) is 31.0. The monoisotopic (exact) mass is 1980 g/mol. The average molecular weight is 1980 g/mol. The molecule has 8 fully saturated rings. The number of aliphatic carboxylic acids is 2. The van der Waals surface area contributed by atoms with Crippen LogP contribution in [0.4, 0.5) is 0 Å². The highest BCUT2D eigenvalue weighted by molar-refractivity contribution is 5.94. The average Bonchev–Trinajstić information content (AvgIpc) is 1.58. The molecule has 0 radical (unpaired) electrons. The third kappa shape index (κ3) is 20.0. The van der Waals surface area contributed by atoms with E-state index in [2.05, 4.69) is 135 Å². The second-order valence-electron chi connectivity index (χ2n) is 41.5. The predicted molar refractivity (Wildman–Crippen MR) is 535 cm³/mol. The number of benzene rings is 8. The van der Waals surface area contributed by atoms with Crippen LogP contribution >= 0.6 is 0 Å². The van der Waals surface area contributed by atoms with Crippen molar-refractivity contribution in [2.75, 3.05) is 40.4 Å². The number of rotatable bonds is 23. The predicted octanol–water partition coefficient (Wildman–Crippen LogP) is 19.0. The maximum atomic E-state index is 11.9. The van der Waals surface area contributed by atoms with Crippen molar-refractivity contribution in [1.82, 2.24) is 60.6 Å². The molecule has 33 heteroatoms. The summed E-state index contributed by atoms with van der Waals surface area (Å²) in [6.45, 7) is 19.6. The smallest absolute Gasteiger partial charge is 0.309 e. The highest BCUT2D eigenvalue weighted by Crippen LogP contribution is 2.57. The zero-order valence-corrected chi connectivity index (χ0v) is 83.7. The van der Waals surface area contributed by atoms with Gasteiger partial charge in [-0.25, -0.2) is 0 Å². The molecule has 4 saturated carbocycles. The summed E-state index contributed by atoms with van der Waals surface area (Å²) in [5, 5.41) is 77.5. The Hall–Kier alpha value is -15.1. The van der Waals surface area contributed by atoms with Crippen molar-refractivity contribution in [1.29, 1.82) is 21.0 Å². The van der Waals surface area contributed by atoms with Gasteiger partial charge in [0.1, 0.15) is 53.1 Å². The molecule has 0 bridgehead atoms. The first-order valence-corrected chi connectivity index (χ1v) is 51.0. The lowest BCUT2D eigenvalue weighted by Gasteiger charge is -2.42. The highest BCUT2D eigenvalue weighted by Gasteiger charge is 2.53. The fourth-order valence-electron chi connectivity index (χ4n) is 23.9. The number of carboxylic acids is 2. The van der Waals surface area contributed by atoms with Crippen molar-refractivity contribution < 1.29 is 80.7 Å². The number of nitrogens with zero attached hydrogens (tertiary/aromatic N) is 15. The van der Waals surface area contributed by atoms with E-state index in [0.717, 1.165) is 132 Å². The summed E-state index contributed by atoms with van der Waals surface area (Å²) in [4.78, 5) is 81.8. The third-order valence-corrected chi connectivity index (χ3v) is 31.0. The number of fused-ring (bicyclic) bond motifs is 12. The van der Waals surface area contributed by atoms with Crippen LogP contribution in [0.2, 0.25) is 0 Å². The molecule has 4 unspecified atom stereocenters. The van der Waals surface area contributed by atoms with E-state index in [1.165, 1.54) is 65.1 Å². The zero-order chi connectivity index (χ0) is 102. The lowest BCUT2D eigenvalue weighted by atomic mass is 9.78. The Kier molecular flexibility index (Phi) is 28.4. The number of nitriles is 4. The van der Waals surface area contributed by atoms with Crippen LogP contribution < -0.4 is 24.3 Å². The number of hydrogen-bond acceptors (Lipinski definition) is 31. The molecule has 4 aromatic heterocycles. The van der Waals surface area contributed by atoms with Gasteiger partial charge in [-0.2, -0.15) is 41.0 Å². The number of carboxylic acid groups (broad SMARTS) is 2. The lowest BCUT2D eigenvalue weighted by Crippen LogP contribution is -2.47. The van der Waals surface area contributed by atoms with Crippen LogP contribution in [0.1, 0.15) is 223 Å². The number of nitrogens with one attached hydrogen (secondary N) is 1. The van der Waals surface area contributed by atoms with E-state index in [4.69, 9.17) is 56.7 Å². The molecule has 754 valence electrons. The van der Waals surface area contributed by atoms with Crippen LogP contribution in [-0.4, -0.2) is 178 Å². The molecule has 4 saturated heterocycles. The molecule has 12 aliphatic rings. The van der Waals surface area contributed by atoms with Gasteiger partial charge in [0.15, 0.2) is 0 Å². The minimum Gasteiger partial charge on any atom is -0.490 e. The Morgan fingerprint density at radius 2 is 0.660 bits per heavy atom. The number of likely N-dealkylation sites (tertiary alicyclic amines) is 3. The Morgan fingerprint density at radius 3 is 0.946 bits per heavy atom. The van der Waals surface area contributed by atoms with Crippen molar-refractivity contribution >= 4 is 29.7 Å². The van der Waals surface area contributed by atoms with E-state index in [1.54, 1.807) is 48.5 Å². The van der Waals surface area contributed by atoms with Crippen molar-refractivity contribution in [2.45, 2.75) is 225 Å². The summed E-state index contributed by atoms with van der Waals surface area (Å²) in [6, 6.07) is 58.0. The van der Waals surface area contributed by atoms with Gasteiger partial charge in [-0.1, -0.05) is 93.4 Å². The number of ketones is 1. The second-order valence-corrected chi connectivity index (χ2v) is 41.5. The summed E-state index contributed by atoms with van der Waals surface area (Å²) in [5.41, 5.74) is 18.9. The minimum atomic E-state index is -0.673. The van der Waals surface area contributed by atoms with E-state index in [-0.39, 0.29) is 65.8 Å². The standard InChI is InChI=1S/C29H30N4O4.2C28H28N4O4.C23H22N4O2.C6H8O3/c1-16(2)36-25-8-7-18(11-20(25)15-30)28-31-27(32-37-28)23-6-4-5-22-24(23)14-17-9-10-33(26(17)22)21-12-19(13-21)29(34)35-3;2*1-15(2)35-24-7-6-17(10-19(24)14-29)27-30-26(31-36-27)22-5-3-4-21-23(22)13-16-8-9-32(25(16)21)20-11-18(12-20)28(33)34;1-13(2)28-20-7-6-15(10-16(20)12-24)23-26-22(27-29-23)18-5-3-4-17-19(18)11-14-8-9-25-21(14)17;1-9-6(8)4-2-5(7)3-4/h4-8,11,16-17,19,21,26H,9-10,12-14H2,1-3H3;2*3-7,10,15-16,18,20,25H,8-9,11-13H2,1-2H3,(H,33,34);3-7,10,13-14,21,25H,8-9,11H2,1-2H3;4H,2-3H2,1H3/t17-,19?,21?,26?;2*16-,18?,20?,25?;14-,21?;/m0000./s1. The van der Waals surface area contributed by atoms with E-state index in [9.17, 15) is 55.2 Å². The molecular formula is C114H116N16O17. The molecule has 33 nitrogen and oxygen atoms in total. The molecule has 8 atom stereocenters. The SMILES string of the molecule is CC(C)Oc1ccc(-c2nc(-c3cccc4c3C[C@@H]3CCN(C5CC(C(=O)O)C5)C43)no2)cc1C#N.CC(C)Oc1ccc(-c2nc(-c3cccc4c3C[C@@H]3CCN(C5CC(C(=O)O)C5)C43)no2)cc1C#N.CC(C)Oc1ccc(-c2nc(-c3cccc4c3C[C@@H]3CCNC43)no2)cc1C#N.COC(=O)C1CC(=O)C1.COC(=O)C1CC(N2CC[C@H]3Cc4c(-c5noc(-c6ccc(OC(C)C)c(C#N)c6)n5)cccc4C32)C1. The highest BCUT2D eigenvalue weighted by atomic mass is 16.5. The Balaban J connectivity index is 0.000000116. The lowest BCUT2D eigenvalue weighted by molar-refractivity contribution is -0.153. The number of Topliss-reactive ketones (excluding diaryl/α,β-unsaturated/α-hetero) is 1. The second kappa shape index (κ2) is 42.1. The number of esters is 2. The molecule has 8 heterocycles. The fraction of sp³-hybridized carbons (Fsp3) is 0.430. The van der Waals surface area contributed by atoms with E-state index < -0.39 is 11.9 Å². The number of hydrogen-bond donors (Lipinski definition) is 3. The number of carbonyl (C=O) groups excluding carboxylic acids is 3. The summed E-state index contributed by atoms with van der Waals surface area (Å²) < 4.78 is 54.7. The van der Waals surface area contributed by atoms with Gasteiger partial charge in [0.05, 0.1) is 84.6 Å². The molecule has 24 rings (SSSR count). The van der Waals surface area contributed by atoms with Gasteiger partial charge in [-0.15, -0.1) is 0 Å². The molecular weight excluding hydrogens is 1870 g/mol. The normalized spacial score (nSPS) is 23.3. The van der Waals surface area contributed by atoms with Crippen LogP contribution in [0, 0.1) is 92.7 Å². The molecule has 4 aliphatic heterocycles. The quantitative estimate of drug-likeness (QED) is 0.0501. The van der Waals surface area contributed by atoms with E-state index in [0.29, 0.717) is 193 Å². The van der Waals surface area contributed by atoms with Crippen molar-refractivity contribution in [2.24, 2.45) is 47.3 Å². The molecule has 8 aromatic carbocycles. The Morgan fingerprint density at radius 1 is 0.374 bits per heavy atom. The van der Waals surface area contributed by atoms with Crippen LogP contribution in [0.25, 0.3) is 91.4 Å². The van der Waals surface area contributed by atoms with Crippen LogP contribution in [0.15, 0.2) is 164 Å². The maximum absolute atomic E-state index is 11.9. The Bertz CT molecular complexity index is 7000. The van der Waals surface area contributed by atoms with Gasteiger partial charge in [0.2, 0.25) is 23.3 Å². The van der Waals surface area contributed by atoms with Crippen LogP contribution in [-0.2, 0) is 59.1 Å². The summed E-state index contributed by atoms with van der Waals surface area (Å²) in [7, 11) is 2.81. The summed E-state index contributed by atoms with van der Waals surface area (Å²) in [6.07, 6.45) is 14.0. The topological polar surface area (TPSA) is 454 Å². The number of ether oxygens (including phenoxy) is 6. The maximum Gasteiger partial charge on any atom is 0.309 e. The van der Waals surface area contributed by atoms with Crippen LogP contribution in [0.3, 0.4) is 0 Å². The van der Waals surface area contributed by atoms with Gasteiger partial charge >= 0.3 is 23.9 Å². The molecule has 147 heavy (non-hydrogen) atoms. The number of aromatic nitrogens is 8. The van der Waals surface area contributed by atoms with Gasteiger partial charge < -0.3 is 62.0 Å². The molecule has 0 amide bonds. The number of methoxy groups -OCH3 is 2. The first-order chi connectivity index (χ1) is 71.2. The molecule has 3 N–H and O–H groups in total. The van der Waals surface area contributed by atoms with Gasteiger partial charge in [-0.3, -0.25) is 38.7 Å². The van der Waals surface area contributed by atoms with Crippen molar-refractivity contribution in [3.05, 3.63) is 212 Å². The first kappa shape index (κ1) is 99.2. The molecule has 0 spiro atoms. The fourth-order valence-corrected chi connectivity index (χ4v) is 23.9. The van der Waals surface area contributed by atoms with Crippen LogP contribution in [0.5, 0.6) is 23.0 Å². The van der Waals surface area contributed by atoms with Crippen molar-refractivity contribution in [3.63, 3.8) is 0 Å². The number of carbonyl (C=O) groups is 5. The molecule has 8 aliphatic carbocycles. The summed E-state index contributed by atoms with van der Waals surface area (Å²) >= 11 is 0. The van der Waals surface area contributed by atoms with Crippen molar-refractivity contribution in [3.8, 4) is 139 Å². The van der Waals surface area contributed by atoms with Gasteiger partial charge in [0.25, 0.3) is 23.6 Å². The largest absolute Gasteiger partial charge is 0.490 e. The van der Waals surface area contributed by atoms with E-state index >= 15 is 0 Å². The van der Waals surface area contributed by atoms with E-state index in [1.807, 2.05) is 91.8 Å². The van der Waals surface area contributed by atoms with Gasteiger partial charge in [-0.05, 0) is 312 Å². The van der Waals surface area contributed by atoms with Gasteiger partial charge in [0, 0.05) is 99.6 Å². The Labute approximate surface area is 850 Å².